The number of carbonyl (C=O) groups excluding carboxylic acids is 2. The monoisotopic (exact) mass is 379 g/mol. The normalized spacial score (nSPS) is 10.2. The van der Waals surface area contributed by atoms with Gasteiger partial charge in [0.1, 0.15) is 11.6 Å². The van der Waals surface area contributed by atoms with Crippen molar-refractivity contribution < 1.29 is 23.5 Å². The number of hydrogen-bond acceptors (Lipinski definition) is 4. The van der Waals surface area contributed by atoms with Crippen molar-refractivity contribution in [3.63, 3.8) is 0 Å². The SMILES string of the molecule is O=C(COC(=O)COc1ccccc1-c1ccccc1)Nc1ccccc1F. The van der Waals surface area contributed by atoms with Crippen molar-refractivity contribution in [1.82, 2.24) is 0 Å². The number of halogens is 1. The van der Waals surface area contributed by atoms with E-state index in [1.165, 1.54) is 18.2 Å². The predicted molar refractivity (Wildman–Crippen MR) is 103 cm³/mol. The Morgan fingerprint density at radius 3 is 2.29 bits per heavy atom. The molecule has 3 rings (SSSR count). The second-order valence-electron chi connectivity index (χ2n) is 5.84. The molecule has 0 atom stereocenters. The third kappa shape index (κ3) is 5.17. The van der Waals surface area contributed by atoms with Crippen LogP contribution in [0.15, 0.2) is 78.9 Å². The highest BCUT2D eigenvalue weighted by Gasteiger charge is 2.12. The van der Waals surface area contributed by atoms with Gasteiger partial charge in [-0.05, 0) is 23.8 Å². The summed E-state index contributed by atoms with van der Waals surface area (Å²) in [4.78, 5) is 23.7. The second-order valence-corrected chi connectivity index (χ2v) is 5.84. The van der Waals surface area contributed by atoms with E-state index in [0.29, 0.717) is 5.75 Å². The summed E-state index contributed by atoms with van der Waals surface area (Å²) in [6, 6.07) is 22.7. The minimum atomic E-state index is -0.702. The van der Waals surface area contributed by atoms with Crippen LogP contribution in [0.3, 0.4) is 0 Å². The summed E-state index contributed by atoms with van der Waals surface area (Å²) < 4.78 is 23.9. The molecule has 0 bridgehead atoms. The molecule has 28 heavy (non-hydrogen) atoms. The lowest BCUT2D eigenvalue weighted by molar-refractivity contribution is -0.149. The van der Waals surface area contributed by atoms with Gasteiger partial charge in [0.2, 0.25) is 0 Å². The molecule has 6 heteroatoms. The summed E-state index contributed by atoms with van der Waals surface area (Å²) in [7, 11) is 0. The van der Waals surface area contributed by atoms with Crippen molar-refractivity contribution in [2.45, 2.75) is 0 Å². The van der Waals surface area contributed by atoms with E-state index in [2.05, 4.69) is 5.32 Å². The number of nitrogens with one attached hydrogen (secondary N) is 1. The van der Waals surface area contributed by atoms with Gasteiger partial charge in [-0.1, -0.05) is 60.7 Å². The molecule has 0 saturated heterocycles. The number of anilines is 1. The lowest BCUT2D eigenvalue weighted by atomic mass is 10.1. The minimum absolute atomic E-state index is 0.0246. The van der Waals surface area contributed by atoms with Crippen LogP contribution < -0.4 is 10.1 Å². The topological polar surface area (TPSA) is 64.6 Å². The maximum atomic E-state index is 13.5. The van der Waals surface area contributed by atoms with E-state index in [1.54, 1.807) is 18.2 Å². The Balaban J connectivity index is 1.51. The molecule has 5 nitrogen and oxygen atoms in total. The number of amides is 1. The van der Waals surface area contributed by atoms with Crippen molar-refractivity contribution in [2.24, 2.45) is 0 Å². The fourth-order valence-electron chi connectivity index (χ4n) is 2.52. The molecular formula is C22H18FNO4. The fraction of sp³-hybridized carbons (Fsp3) is 0.0909. The first-order chi connectivity index (χ1) is 13.6. The first-order valence-corrected chi connectivity index (χ1v) is 8.61. The number of ether oxygens (including phenoxy) is 2. The quantitative estimate of drug-likeness (QED) is 0.629. The first-order valence-electron chi connectivity index (χ1n) is 8.61. The van der Waals surface area contributed by atoms with E-state index in [0.717, 1.165) is 11.1 Å². The predicted octanol–water partition coefficient (Wildman–Crippen LogP) is 4.05. The summed E-state index contributed by atoms with van der Waals surface area (Å²) in [5, 5.41) is 2.34. The van der Waals surface area contributed by atoms with E-state index in [-0.39, 0.29) is 12.3 Å². The van der Waals surface area contributed by atoms with E-state index in [9.17, 15) is 14.0 Å². The molecular weight excluding hydrogens is 361 g/mol. The van der Waals surface area contributed by atoms with Crippen molar-refractivity contribution in [3.05, 3.63) is 84.7 Å². The molecule has 0 unspecified atom stereocenters. The van der Waals surface area contributed by atoms with Gasteiger partial charge >= 0.3 is 5.97 Å². The highest BCUT2D eigenvalue weighted by atomic mass is 19.1. The highest BCUT2D eigenvalue weighted by Crippen LogP contribution is 2.29. The molecule has 0 saturated carbocycles. The van der Waals surface area contributed by atoms with Crippen molar-refractivity contribution >= 4 is 17.6 Å². The van der Waals surface area contributed by atoms with Crippen LogP contribution >= 0.6 is 0 Å². The summed E-state index contributed by atoms with van der Waals surface area (Å²) in [5.74, 6) is -1.38. The van der Waals surface area contributed by atoms with E-state index >= 15 is 0 Å². The van der Waals surface area contributed by atoms with Gasteiger partial charge in [-0.3, -0.25) is 4.79 Å². The Morgan fingerprint density at radius 1 is 0.821 bits per heavy atom. The Labute approximate surface area is 161 Å². The lowest BCUT2D eigenvalue weighted by Crippen LogP contribution is -2.24. The molecule has 142 valence electrons. The van der Waals surface area contributed by atoms with Crippen molar-refractivity contribution in [2.75, 3.05) is 18.5 Å². The number of rotatable bonds is 7. The zero-order chi connectivity index (χ0) is 19.8. The zero-order valence-electron chi connectivity index (χ0n) is 14.9. The van der Waals surface area contributed by atoms with Crippen LogP contribution in [0, 0.1) is 5.82 Å². The summed E-state index contributed by atoms with van der Waals surface area (Å²) >= 11 is 0. The van der Waals surface area contributed by atoms with Crippen LogP contribution in [0.5, 0.6) is 5.75 Å². The average Bonchev–Trinajstić information content (AvgIpc) is 2.73. The third-order valence-electron chi connectivity index (χ3n) is 3.83. The molecule has 0 aromatic heterocycles. The number of esters is 1. The average molecular weight is 379 g/mol. The molecule has 0 aliphatic carbocycles. The number of benzene rings is 3. The van der Waals surface area contributed by atoms with Crippen LogP contribution in [0.4, 0.5) is 10.1 Å². The molecule has 0 aliphatic heterocycles. The van der Waals surface area contributed by atoms with Crippen molar-refractivity contribution in [1.29, 1.82) is 0 Å². The fourth-order valence-corrected chi connectivity index (χ4v) is 2.52. The first kappa shape index (κ1) is 19.1. The molecule has 1 amide bonds. The maximum Gasteiger partial charge on any atom is 0.344 e. The van der Waals surface area contributed by atoms with Crippen molar-refractivity contribution in [3.8, 4) is 16.9 Å². The van der Waals surface area contributed by atoms with E-state index in [4.69, 9.17) is 9.47 Å². The Hall–Kier alpha value is -3.67. The van der Waals surface area contributed by atoms with Gasteiger partial charge in [0, 0.05) is 5.56 Å². The van der Waals surface area contributed by atoms with E-state index in [1.807, 2.05) is 42.5 Å². The summed E-state index contributed by atoms with van der Waals surface area (Å²) in [6.07, 6.45) is 0. The highest BCUT2D eigenvalue weighted by molar-refractivity contribution is 5.93. The van der Waals surface area contributed by atoms with E-state index < -0.39 is 24.3 Å². The van der Waals surface area contributed by atoms with Gasteiger partial charge in [0.25, 0.3) is 5.91 Å². The second kappa shape index (κ2) is 9.32. The molecule has 3 aromatic rings. The summed E-state index contributed by atoms with van der Waals surface area (Å²) in [5.41, 5.74) is 1.82. The van der Waals surface area contributed by atoms with Crippen LogP contribution in [-0.2, 0) is 14.3 Å². The number of hydrogen-bond donors (Lipinski definition) is 1. The van der Waals surface area contributed by atoms with Gasteiger partial charge < -0.3 is 14.8 Å². The van der Waals surface area contributed by atoms with Crippen LogP contribution in [-0.4, -0.2) is 25.1 Å². The largest absolute Gasteiger partial charge is 0.481 e. The van der Waals surface area contributed by atoms with Gasteiger partial charge in [0.05, 0.1) is 5.69 Å². The lowest BCUT2D eigenvalue weighted by Gasteiger charge is -2.11. The Morgan fingerprint density at radius 2 is 1.50 bits per heavy atom. The smallest absolute Gasteiger partial charge is 0.344 e. The molecule has 0 heterocycles. The molecule has 1 N–H and O–H groups in total. The van der Waals surface area contributed by atoms with Gasteiger partial charge in [0.15, 0.2) is 13.2 Å². The minimum Gasteiger partial charge on any atom is -0.481 e. The Bertz CT molecular complexity index is 960. The molecule has 0 fully saturated rings. The maximum absolute atomic E-state index is 13.5. The summed E-state index contributed by atoms with van der Waals surface area (Å²) in [6.45, 7) is -0.881. The van der Waals surface area contributed by atoms with Gasteiger partial charge in [-0.15, -0.1) is 0 Å². The molecule has 0 aliphatic rings. The van der Waals surface area contributed by atoms with Crippen LogP contribution in [0.2, 0.25) is 0 Å². The Kier molecular flexibility index (Phi) is 6.36. The zero-order valence-corrected chi connectivity index (χ0v) is 14.9. The standard InChI is InChI=1S/C22H18FNO4/c23-18-11-5-6-12-19(18)24-21(25)14-28-22(26)15-27-20-13-7-4-10-17(20)16-8-2-1-3-9-16/h1-13H,14-15H2,(H,24,25). The molecule has 0 spiro atoms. The molecule has 0 radical (unpaired) electrons. The van der Waals surface area contributed by atoms with Crippen LogP contribution in [0.1, 0.15) is 0 Å². The third-order valence-corrected chi connectivity index (χ3v) is 3.83. The van der Waals surface area contributed by atoms with Gasteiger partial charge in [-0.2, -0.15) is 0 Å². The number of carbonyl (C=O) groups is 2. The van der Waals surface area contributed by atoms with Crippen LogP contribution in [0.25, 0.3) is 11.1 Å². The number of para-hydroxylation sites is 2. The van der Waals surface area contributed by atoms with Gasteiger partial charge in [-0.25, -0.2) is 9.18 Å². The molecule has 3 aromatic carbocycles.